The van der Waals surface area contributed by atoms with Crippen LogP contribution in [0.4, 0.5) is 0 Å². The molecule has 0 spiro atoms. The summed E-state index contributed by atoms with van der Waals surface area (Å²) in [4.78, 5) is 11.6. The summed E-state index contributed by atoms with van der Waals surface area (Å²) in [5.74, 6) is 2.54. The van der Waals surface area contributed by atoms with Gasteiger partial charge >= 0.3 is 0 Å². The number of fused-ring (bicyclic) bond motifs is 1. The monoisotopic (exact) mass is 148 g/mol. The third kappa shape index (κ3) is 0.492. The lowest BCUT2D eigenvalue weighted by Crippen LogP contribution is -2.34. The molecule has 0 aromatic carbocycles. The van der Waals surface area contributed by atoms with Gasteiger partial charge in [0.05, 0.1) is 0 Å². The second-order valence-electron chi connectivity index (χ2n) is 4.24. The molecule has 1 nitrogen and oxygen atoms in total. The van der Waals surface area contributed by atoms with Gasteiger partial charge in [0.2, 0.25) is 0 Å². The molecular formula is C10H12O. The average Bonchev–Trinajstić information content (AvgIpc) is 2.38. The molecule has 4 saturated carbocycles. The van der Waals surface area contributed by atoms with Crippen molar-refractivity contribution in [1.82, 2.24) is 0 Å². The van der Waals surface area contributed by atoms with Gasteiger partial charge in [0, 0.05) is 11.8 Å². The van der Waals surface area contributed by atoms with Crippen molar-refractivity contribution in [2.45, 2.75) is 19.3 Å². The molecule has 0 amide bonds. The second-order valence-corrected chi connectivity index (χ2v) is 4.24. The van der Waals surface area contributed by atoms with E-state index in [0.717, 1.165) is 6.42 Å². The first-order chi connectivity index (χ1) is 5.29. The van der Waals surface area contributed by atoms with Crippen LogP contribution in [0.2, 0.25) is 0 Å². The number of rotatable bonds is 0. The van der Waals surface area contributed by atoms with Gasteiger partial charge in [0.1, 0.15) is 5.78 Å². The maximum absolute atomic E-state index is 11.6. The predicted molar refractivity (Wildman–Crippen MR) is 42.0 cm³/mol. The Labute approximate surface area is 66.5 Å². The molecule has 4 aliphatic carbocycles. The fourth-order valence-corrected chi connectivity index (χ4v) is 3.44. The van der Waals surface area contributed by atoms with E-state index >= 15 is 0 Å². The molecule has 4 rings (SSSR count). The van der Waals surface area contributed by atoms with Gasteiger partial charge in [-0.05, 0) is 31.1 Å². The molecule has 4 aliphatic rings. The Morgan fingerprint density at radius 2 is 2.09 bits per heavy atom. The molecule has 1 heteroatoms. The lowest BCUT2D eigenvalue weighted by molar-refractivity contribution is -0.130. The topological polar surface area (TPSA) is 17.1 Å². The zero-order valence-corrected chi connectivity index (χ0v) is 6.55. The van der Waals surface area contributed by atoms with Gasteiger partial charge in [-0.3, -0.25) is 4.79 Å². The van der Waals surface area contributed by atoms with Crippen molar-refractivity contribution in [3.05, 3.63) is 12.2 Å². The van der Waals surface area contributed by atoms with E-state index < -0.39 is 0 Å². The van der Waals surface area contributed by atoms with Crippen LogP contribution in [-0.4, -0.2) is 5.78 Å². The summed E-state index contributed by atoms with van der Waals surface area (Å²) in [5.41, 5.74) is 1.28. The summed E-state index contributed by atoms with van der Waals surface area (Å²) >= 11 is 0. The summed E-state index contributed by atoms with van der Waals surface area (Å²) in [6.45, 7) is 4.05. The molecule has 0 heterocycles. The van der Waals surface area contributed by atoms with E-state index in [2.05, 4.69) is 6.58 Å². The first-order valence-corrected chi connectivity index (χ1v) is 4.51. The largest absolute Gasteiger partial charge is 0.299 e. The van der Waals surface area contributed by atoms with Crippen LogP contribution < -0.4 is 0 Å². The molecule has 4 atom stereocenters. The molecular weight excluding hydrogens is 136 g/mol. The van der Waals surface area contributed by atoms with Gasteiger partial charge in [0.25, 0.3) is 0 Å². The number of hydrogen-bond donors (Lipinski definition) is 0. The number of carbonyl (C=O) groups is 1. The van der Waals surface area contributed by atoms with E-state index in [0.29, 0.717) is 29.5 Å². The molecule has 0 radical (unpaired) electrons. The summed E-state index contributed by atoms with van der Waals surface area (Å²) in [6.07, 6.45) is 3.72. The average molecular weight is 148 g/mol. The van der Waals surface area contributed by atoms with Crippen molar-refractivity contribution in [3.63, 3.8) is 0 Å². The number of hydrogen-bond acceptors (Lipinski definition) is 1. The fraction of sp³-hybridized carbons (Fsp3) is 0.700. The van der Waals surface area contributed by atoms with Crippen LogP contribution in [0, 0.1) is 23.7 Å². The maximum atomic E-state index is 11.6. The van der Waals surface area contributed by atoms with Crippen LogP contribution in [0.15, 0.2) is 12.2 Å². The number of Topliss-reactive ketones (excluding diaryl/α,β-unsaturated/α-hetero) is 1. The van der Waals surface area contributed by atoms with E-state index in [4.69, 9.17) is 0 Å². The van der Waals surface area contributed by atoms with Crippen LogP contribution in [0.5, 0.6) is 0 Å². The van der Waals surface area contributed by atoms with Crippen LogP contribution >= 0.6 is 0 Å². The second kappa shape index (κ2) is 1.60. The third-order valence-electron chi connectivity index (χ3n) is 3.91. The van der Waals surface area contributed by atoms with Crippen molar-refractivity contribution in [2.75, 3.05) is 0 Å². The normalized spacial score (nSPS) is 52.7. The number of ketones is 1. The third-order valence-corrected chi connectivity index (χ3v) is 3.91. The van der Waals surface area contributed by atoms with Crippen LogP contribution in [0.25, 0.3) is 0 Å². The zero-order chi connectivity index (χ0) is 7.59. The first kappa shape index (κ1) is 5.99. The predicted octanol–water partition coefficient (Wildman–Crippen LogP) is 1.79. The quantitative estimate of drug-likeness (QED) is 0.479. The minimum atomic E-state index is 0.304. The van der Waals surface area contributed by atoms with Crippen LogP contribution in [-0.2, 0) is 4.79 Å². The van der Waals surface area contributed by atoms with E-state index in [1.807, 2.05) is 0 Å². The molecule has 58 valence electrons. The van der Waals surface area contributed by atoms with E-state index in [1.165, 1.54) is 18.4 Å². The molecule has 0 aliphatic heterocycles. The molecule has 0 saturated heterocycles. The van der Waals surface area contributed by atoms with Crippen molar-refractivity contribution in [2.24, 2.45) is 23.7 Å². The number of allylic oxidation sites excluding steroid dienone is 1. The van der Waals surface area contributed by atoms with Crippen LogP contribution in [0.1, 0.15) is 19.3 Å². The minimum Gasteiger partial charge on any atom is -0.299 e. The van der Waals surface area contributed by atoms with Gasteiger partial charge in [-0.15, -0.1) is 0 Å². The minimum absolute atomic E-state index is 0.304. The van der Waals surface area contributed by atoms with Gasteiger partial charge in [-0.1, -0.05) is 12.2 Å². The van der Waals surface area contributed by atoms with Gasteiger partial charge in [-0.2, -0.15) is 0 Å². The Bertz CT molecular complexity index is 238. The molecule has 0 unspecified atom stereocenters. The number of carbonyl (C=O) groups excluding carboxylic acids is 1. The van der Waals surface area contributed by atoms with Crippen molar-refractivity contribution < 1.29 is 4.79 Å². The highest BCUT2D eigenvalue weighted by molar-refractivity contribution is 5.92. The van der Waals surface area contributed by atoms with Crippen molar-refractivity contribution in [1.29, 1.82) is 0 Å². The molecule has 0 N–H and O–H groups in total. The maximum Gasteiger partial charge on any atom is 0.143 e. The SMILES string of the molecule is C=C1[C@@H]2C(=O)[C@@H]3CC[C@H]2C[C@@H]13. The lowest BCUT2D eigenvalue weighted by atomic mass is 9.70. The van der Waals surface area contributed by atoms with E-state index in [-0.39, 0.29) is 0 Å². The molecule has 11 heavy (non-hydrogen) atoms. The highest BCUT2D eigenvalue weighted by atomic mass is 16.1. The summed E-state index contributed by atoms with van der Waals surface area (Å²) < 4.78 is 0. The van der Waals surface area contributed by atoms with Gasteiger partial charge in [0.15, 0.2) is 0 Å². The molecule has 4 bridgehead atoms. The van der Waals surface area contributed by atoms with Gasteiger partial charge < -0.3 is 0 Å². The smallest absolute Gasteiger partial charge is 0.143 e. The Hall–Kier alpha value is -0.590. The molecule has 4 fully saturated rings. The lowest BCUT2D eigenvalue weighted by Gasteiger charge is -2.32. The fourth-order valence-electron chi connectivity index (χ4n) is 3.44. The Kier molecular flexibility index (Phi) is 0.869. The van der Waals surface area contributed by atoms with E-state index in [9.17, 15) is 4.79 Å². The molecule has 0 aromatic heterocycles. The summed E-state index contributed by atoms with van der Waals surface area (Å²) in [7, 11) is 0. The van der Waals surface area contributed by atoms with Gasteiger partial charge in [-0.25, -0.2) is 0 Å². The zero-order valence-electron chi connectivity index (χ0n) is 6.55. The Morgan fingerprint density at radius 1 is 1.27 bits per heavy atom. The Balaban J connectivity index is 2.15. The highest BCUT2D eigenvalue weighted by Gasteiger charge is 2.57. The highest BCUT2D eigenvalue weighted by Crippen LogP contribution is 2.59. The Morgan fingerprint density at radius 3 is 2.55 bits per heavy atom. The molecule has 0 aromatic rings. The van der Waals surface area contributed by atoms with Crippen molar-refractivity contribution in [3.8, 4) is 0 Å². The standard InChI is InChI=1S/C10H12O/c1-5-8-4-6-2-3-7(8)10(11)9(5)6/h6-9H,1-4H2/t6-,7+,8-,9-/m0/s1. The first-order valence-electron chi connectivity index (χ1n) is 4.51. The summed E-state index contributed by atoms with van der Waals surface area (Å²) in [5, 5.41) is 0. The summed E-state index contributed by atoms with van der Waals surface area (Å²) in [6, 6.07) is 0. The van der Waals surface area contributed by atoms with Crippen molar-refractivity contribution >= 4 is 5.78 Å². The van der Waals surface area contributed by atoms with E-state index in [1.54, 1.807) is 0 Å². The van der Waals surface area contributed by atoms with Crippen LogP contribution in [0.3, 0.4) is 0 Å².